The van der Waals surface area contributed by atoms with Crippen molar-refractivity contribution in [2.75, 3.05) is 6.61 Å². The van der Waals surface area contributed by atoms with Crippen molar-refractivity contribution in [2.24, 2.45) is 0 Å². The van der Waals surface area contributed by atoms with E-state index >= 15 is 0 Å². The third-order valence-electron chi connectivity index (χ3n) is 3.42. The number of rotatable bonds is 8. The summed E-state index contributed by atoms with van der Waals surface area (Å²) in [5, 5.41) is 12.3. The number of carbonyl (C=O) groups excluding carboxylic acids is 1. The van der Waals surface area contributed by atoms with Crippen molar-refractivity contribution < 1.29 is 19.4 Å². The van der Waals surface area contributed by atoms with Crippen molar-refractivity contribution in [3.63, 3.8) is 0 Å². The average molecular weight is 314 g/mol. The second kappa shape index (κ2) is 7.88. The number of carboxylic acid groups (broad SMARTS) is 1. The van der Waals surface area contributed by atoms with Gasteiger partial charge in [0.2, 0.25) is 5.91 Å². The molecule has 0 aliphatic carbocycles. The number of hydrogen-bond acceptors (Lipinski definition) is 3. The molecule has 0 aliphatic heterocycles. The zero-order valence-electron chi connectivity index (χ0n) is 12.2. The van der Waals surface area contributed by atoms with E-state index < -0.39 is 11.5 Å². The van der Waals surface area contributed by atoms with Crippen LogP contribution in [0.15, 0.2) is 24.3 Å². The number of halogens is 1. The van der Waals surface area contributed by atoms with Gasteiger partial charge < -0.3 is 15.2 Å². The van der Waals surface area contributed by atoms with Crippen LogP contribution in [0.2, 0.25) is 5.02 Å². The maximum atomic E-state index is 11.9. The number of hydrogen-bond donors (Lipinski definition) is 2. The van der Waals surface area contributed by atoms with Crippen LogP contribution in [-0.2, 0) is 9.59 Å². The van der Waals surface area contributed by atoms with Gasteiger partial charge in [0.05, 0.1) is 18.1 Å². The van der Waals surface area contributed by atoms with Crippen molar-refractivity contribution in [3.05, 3.63) is 29.3 Å². The third kappa shape index (κ3) is 4.63. The van der Waals surface area contributed by atoms with Crippen LogP contribution in [0, 0.1) is 0 Å². The van der Waals surface area contributed by atoms with Crippen LogP contribution in [0.5, 0.6) is 5.75 Å². The van der Waals surface area contributed by atoms with E-state index in [0.29, 0.717) is 23.6 Å². The predicted molar refractivity (Wildman–Crippen MR) is 80.7 cm³/mol. The van der Waals surface area contributed by atoms with E-state index in [2.05, 4.69) is 5.32 Å². The molecule has 1 amide bonds. The van der Waals surface area contributed by atoms with Gasteiger partial charge >= 0.3 is 5.97 Å². The lowest BCUT2D eigenvalue weighted by molar-refractivity contribution is -0.148. The summed E-state index contributed by atoms with van der Waals surface area (Å²) >= 11 is 5.93. The lowest BCUT2D eigenvalue weighted by Gasteiger charge is -2.28. The number of ether oxygens (including phenoxy) is 1. The van der Waals surface area contributed by atoms with E-state index in [1.807, 2.05) is 0 Å². The van der Waals surface area contributed by atoms with Crippen LogP contribution in [0.1, 0.15) is 33.1 Å². The normalized spacial score (nSPS) is 11.0. The van der Waals surface area contributed by atoms with Crippen LogP contribution in [-0.4, -0.2) is 29.1 Å². The maximum Gasteiger partial charge on any atom is 0.329 e. The maximum absolute atomic E-state index is 11.9. The van der Waals surface area contributed by atoms with Gasteiger partial charge in [0.1, 0.15) is 11.3 Å². The minimum Gasteiger partial charge on any atom is -0.491 e. The molecular formula is C15H20ClNO4. The van der Waals surface area contributed by atoms with Crippen LogP contribution >= 0.6 is 11.6 Å². The molecule has 1 rings (SSSR count). The second-order valence-electron chi connectivity index (χ2n) is 4.67. The number of carbonyl (C=O) groups is 2. The smallest absolute Gasteiger partial charge is 0.329 e. The van der Waals surface area contributed by atoms with Gasteiger partial charge in [0.15, 0.2) is 0 Å². The van der Waals surface area contributed by atoms with Gasteiger partial charge in [0, 0.05) is 0 Å². The van der Waals surface area contributed by atoms with Gasteiger partial charge in [-0.25, -0.2) is 4.79 Å². The van der Waals surface area contributed by atoms with E-state index in [9.17, 15) is 14.7 Å². The fraction of sp³-hybridized carbons (Fsp3) is 0.467. The minimum atomic E-state index is -1.21. The lowest BCUT2D eigenvalue weighted by atomic mass is 9.93. The zero-order valence-corrected chi connectivity index (χ0v) is 12.9. The highest BCUT2D eigenvalue weighted by Crippen LogP contribution is 2.23. The molecule has 0 radical (unpaired) electrons. The molecule has 0 heterocycles. The van der Waals surface area contributed by atoms with E-state index in [4.69, 9.17) is 16.3 Å². The number of aliphatic carboxylic acids is 1. The number of carboxylic acids is 1. The van der Waals surface area contributed by atoms with Crippen molar-refractivity contribution in [1.82, 2.24) is 5.32 Å². The molecule has 0 aromatic heterocycles. The second-order valence-corrected chi connectivity index (χ2v) is 5.08. The summed E-state index contributed by atoms with van der Waals surface area (Å²) in [6, 6.07) is 6.97. The summed E-state index contributed by atoms with van der Waals surface area (Å²) < 4.78 is 5.41. The number of para-hydroxylation sites is 1. The fourth-order valence-electron chi connectivity index (χ4n) is 1.93. The molecular weight excluding hydrogens is 294 g/mol. The van der Waals surface area contributed by atoms with E-state index in [0.717, 1.165) is 0 Å². The number of nitrogens with one attached hydrogen (secondary N) is 1. The quantitative estimate of drug-likeness (QED) is 0.774. The molecule has 2 N–H and O–H groups in total. The average Bonchev–Trinajstić information content (AvgIpc) is 2.46. The van der Waals surface area contributed by atoms with Gasteiger partial charge in [-0.15, -0.1) is 0 Å². The molecule has 1 aromatic carbocycles. The number of amides is 1. The van der Waals surface area contributed by atoms with E-state index in [-0.39, 0.29) is 18.9 Å². The molecule has 0 unspecified atom stereocenters. The Hall–Kier alpha value is -1.75. The summed E-state index contributed by atoms with van der Waals surface area (Å²) in [4.78, 5) is 23.2. The molecule has 0 spiro atoms. The molecule has 0 fully saturated rings. The molecule has 0 saturated heterocycles. The first kappa shape index (κ1) is 17.3. The topological polar surface area (TPSA) is 75.6 Å². The van der Waals surface area contributed by atoms with Crippen molar-refractivity contribution in [1.29, 1.82) is 0 Å². The van der Waals surface area contributed by atoms with Gasteiger partial charge in [-0.05, 0) is 25.0 Å². The first-order chi connectivity index (χ1) is 9.95. The van der Waals surface area contributed by atoms with Crippen LogP contribution in [0.4, 0.5) is 0 Å². The first-order valence-electron chi connectivity index (χ1n) is 6.87. The summed E-state index contributed by atoms with van der Waals surface area (Å²) in [6.45, 7) is 3.61. The molecule has 0 aliphatic rings. The van der Waals surface area contributed by atoms with Crippen molar-refractivity contribution in [3.8, 4) is 5.75 Å². The molecule has 116 valence electrons. The Bertz CT molecular complexity index is 500. The zero-order chi connectivity index (χ0) is 15.9. The summed E-state index contributed by atoms with van der Waals surface area (Å²) in [5.41, 5.74) is -1.21. The third-order valence-corrected chi connectivity index (χ3v) is 3.73. The monoisotopic (exact) mass is 313 g/mol. The summed E-state index contributed by atoms with van der Waals surface area (Å²) in [5.74, 6) is -0.872. The molecule has 21 heavy (non-hydrogen) atoms. The molecule has 0 atom stereocenters. The largest absolute Gasteiger partial charge is 0.491 e. The van der Waals surface area contributed by atoms with Gasteiger partial charge in [-0.3, -0.25) is 4.79 Å². The standard InChI is InChI=1S/C15H20ClNO4/c1-3-15(4-2,14(19)20)17-13(18)9-10-21-12-8-6-5-7-11(12)16/h5-8H,3-4,9-10H2,1-2H3,(H,17,18)(H,19,20). The highest BCUT2D eigenvalue weighted by Gasteiger charge is 2.36. The Kier molecular flexibility index (Phi) is 6.49. The van der Waals surface area contributed by atoms with Gasteiger partial charge in [0.25, 0.3) is 0 Å². The molecule has 5 nitrogen and oxygen atoms in total. The lowest BCUT2D eigenvalue weighted by Crippen LogP contribution is -2.53. The fourth-order valence-corrected chi connectivity index (χ4v) is 2.12. The molecule has 1 aromatic rings. The van der Waals surface area contributed by atoms with Gasteiger partial charge in [-0.2, -0.15) is 0 Å². The Morgan fingerprint density at radius 2 is 1.90 bits per heavy atom. The van der Waals surface area contributed by atoms with Crippen LogP contribution in [0.3, 0.4) is 0 Å². The van der Waals surface area contributed by atoms with Crippen LogP contribution in [0.25, 0.3) is 0 Å². The Morgan fingerprint density at radius 1 is 1.29 bits per heavy atom. The summed E-state index contributed by atoms with van der Waals surface area (Å²) in [7, 11) is 0. The van der Waals surface area contributed by atoms with Crippen LogP contribution < -0.4 is 10.1 Å². The van der Waals surface area contributed by atoms with Crippen molar-refractivity contribution >= 4 is 23.5 Å². The van der Waals surface area contributed by atoms with Gasteiger partial charge in [-0.1, -0.05) is 37.6 Å². The molecule has 0 saturated carbocycles. The Labute approximate surface area is 129 Å². The Balaban J connectivity index is 2.51. The first-order valence-corrected chi connectivity index (χ1v) is 7.24. The van der Waals surface area contributed by atoms with Crippen molar-refractivity contribution in [2.45, 2.75) is 38.6 Å². The summed E-state index contributed by atoms with van der Waals surface area (Å²) in [6.07, 6.45) is 0.728. The highest BCUT2D eigenvalue weighted by atomic mass is 35.5. The van der Waals surface area contributed by atoms with E-state index in [1.54, 1.807) is 38.1 Å². The predicted octanol–water partition coefficient (Wildman–Crippen LogP) is 2.87. The molecule has 0 bridgehead atoms. The highest BCUT2D eigenvalue weighted by molar-refractivity contribution is 6.32. The van der Waals surface area contributed by atoms with E-state index in [1.165, 1.54) is 0 Å². The molecule has 6 heteroatoms. The SMILES string of the molecule is CCC(CC)(NC(=O)CCOc1ccccc1Cl)C(=O)O. The number of benzene rings is 1. The Morgan fingerprint density at radius 3 is 2.43 bits per heavy atom. The minimum absolute atomic E-state index is 0.0697.